The summed E-state index contributed by atoms with van der Waals surface area (Å²) in [6.07, 6.45) is 7.79. The van der Waals surface area contributed by atoms with Crippen LogP contribution >= 0.6 is 0 Å². The van der Waals surface area contributed by atoms with Crippen LogP contribution in [-0.2, 0) is 6.42 Å². The van der Waals surface area contributed by atoms with E-state index in [0.717, 1.165) is 12.0 Å². The van der Waals surface area contributed by atoms with Crippen molar-refractivity contribution in [3.8, 4) is 0 Å². The summed E-state index contributed by atoms with van der Waals surface area (Å²) in [4.78, 5) is 23.4. The first-order chi connectivity index (χ1) is 12.2. The van der Waals surface area contributed by atoms with E-state index < -0.39 is 0 Å². The van der Waals surface area contributed by atoms with Crippen LogP contribution in [-0.4, -0.2) is 27.3 Å². The lowest BCUT2D eigenvalue weighted by Gasteiger charge is -2.37. The molecule has 25 heavy (non-hydrogen) atoms. The molecular formula is C21H19N3O. The lowest BCUT2D eigenvalue weighted by atomic mass is 9.87. The SMILES string of the molecule is Cc1ccc2c(c1)CCN(C(=O)c1cccnc1)C2c1cccnc1. The molecule has 0 spiro atoms. The third kappa shape index (κ3) is 2.91. The highest BCUT2D eigenvalue weighted by atomic mass is 16.2. The Balaban J connectivity index is 1.81. The molecule has 4 heteroatoms. The van der Waals surface area contributed by atoms with Gasteiger partial charge in [0.2, 0.25) is 0 Å². The lowest BCUT2D eigenvalue weighted by molar-refractivity contribution is 0.0694. The van der Waals surface area contributed by atoms with Crippen molar-refractivity contribution >= 4 is 5.91 Å². The number of rotatable bonds is 2. The second-order valence-corrected chi connectivity index (χ2v) is 6.38. The largest absolute Gasteiger partial charge is 0.327 e. The van der Waals surface area contributed by atoms with Gasteiger partial charge < -0.3 is 4.90 Å². The standard InChI is InChI=1S/C21H19N3O/c1-15-6-7-19-16(12-15)8-11-24(20(19)17-4-2-9-22-13-17)21(25)18-5-3-10-23-14-18/h2-7,9-10,12-14,20H,8,11H2,1H3. The number of hydrogen-bond donors (Lipinski definition) is 0. The van der Waals surface area contributed by atoms with Gasteiger partial charge in [-0.25, -0.2) is 0 Å². The van der Waals surface area contributed by atoms with Crippen molar-refractivity contribution in [2.75, 3.05) is 6.54 Å². The minimum atomic E-state index is -0.120. The average Bonchev–Trinajstić information content (AvgIpc) is 2.67. The molecule has 1 aromatic carbocycles. The van der Waals surface area contributed by atoms with Crippen molar-refractivity contribution in [1.82, 2.24) is 14.9 Å². The van der Waals surface area contributed by atoms with E-state index in [1.807, 2.05) is 29.3 Å². The molecule has 0 aliphatic carbocycles. The van der Waals surface area contributed by atoms with Crippen molar-refractivity contribution in [3.05, 3.63) is 95.1 Å². The van der Waals surface area contributed by atoms with E-state index in [1.165, 1.54) is 16.7 Å². The monoisotopic (exact) mass is 329 g/mol. The number of carbonyl (C=O) groups excluding carboxylic acids is 1. The van der Waals surface area contributed by atoms with Crippen LogP contribution in [0, 0.1) is 6.92 Å². The van der Waals surface area contributed by atoms with Crippen molar-refractivity contribution in [1.29, 1.82) is 0 Å². The Bertz CT molecular complexity index is 894. The first kappa shape index (κ1) is 15.5. The van der Waals surface area contributed by atoms with Crippen LogP contribution in [0.1, 0.15) is 38.7 Å². The Morgan fingerprint density at radius 3 is 2.60 bits per heavy atom. The molecule has 1 amide bonds. The Kier molecular flexibility index (Phi) is 4.02. The molecule has 4 rings (SSSR count). The summed E-state index contributed by atoms with van der Waals surface area (Å²) in [6.45, 7) is 2.79. The molecule has 0 saturated heterocycles. The molecule has 124 valence electrons. The number of pyridine rings is 2. The van der Waals surface area contributed by atoms with E-state index in [-0.39, 0.29) is 11.9 Å². The predicted molar refractivity (Wildman–Crippen MR) is 96.2 cm³/mol. The van der Waals surface area contributed by atoms with E-state index in [1.54, 1.807) is 24.7 Å². The van der Waals surface area contributed by atoms with Crippen molar-refractivity contribution in [2.24, 2.45) is 0 Å². The van der Waals surface area contributed by atoms with Gasteiger partial charge in [0.05, 0.1) is 11.6 Å². The summed E-state index contributed by atoms with van der Waals surface area (Å²) in [7, 11) is 0. The summed E-state index contributed by atoms with van der Waals surface area (Å²) in [5, 5.41) is 0. The van der Waals surface area contributed by atoms with Crippen LogP contribution in [0.5, 0.6) is 0 Å². The van der Waals surface area contributed by atoms with Gasteiger partial charge in [0.25, 0.3) is 5.91 Å². The summed E-state index contributed by atoms with van der Waals surface area (Å²) in [5.74, 6) is 0.00757. The fourth-order valence-corrected chi connectivity index (χ4v) is 3.53. The number of fused-ring (bicyclic) bond motifs is 1. The van der Waals surface area contributed by atoms with Gasteiger partial charge in [0.1, 0.15) is 0 Å². The summed E-state index contributed by atoms with van der Waals surface area (Å²) in [5.41, 5.74) is 5.39. The highest BCUT2D eigenvalue weighted by Gasteiger charge is 2.32. The molecule has 1 aliphatic rings. The fourth-order valence-electron chi connectivity index (χ4n) is 3.53. The van der Waals surface area contributed by atoms with Crippen LogP contribution in [0.25, 0.3) is 0 Å². The number of aryl methyl sites for hydroxylation is 1. The van der Waals surface area contributed by atoms with Crippen LogP contribution in [0.15, 0.2) is 67.3 Å². The van der Waals surface area contributed by atoms with Gasteiger partial charge in [-0.2, -0.15) is 0 Å². The van der Waals surface area contributed by atoms with E-state index in [0.29, 0.717) is 12.1 Å². The Morgan fingerprint density at radius 2 is 1.88 bits per heavy atom. The van der Waals surface area contributed by atoms with Gasteiger partial charge in [0.15, 0.2) is 0 Å². The molecule has 1 atom stereocenters. The quantitative estimate of drug-likeness (QED) is 0.722. The number of carbonyl (C=O) groups is 1. The van der Waals surface area contributed by atoms with Gasteiger partial charge in [0, 0.05) is 31.3 Å². The van der Waals surface area contributed by atoms with Gasteiger partial charge in [-0.3, -0.25) is 14.8 Å². The third-order valence-electron chi connectivity index (χ3n) is 4.70. The molecule has 0 N–H and O–H groups in total. The zero-order valence-corrected chi connectivity index (χ0v) is 14.1. The summed E-state index contributed by atoms with van der Waals surface area (Å²) in [6, 6.07) is 13.9. The molecule has 3 aromatic rings. The topological polar surface area (TPSA) is 46.1 Å². The summed E-state index contributed by atoms with van der Waals surface area (Å²) >= 11 is 0. The van der Waals surface area contributed by atoms with Crippen molar-refractivity contribution < 1.29 is 4.79 Å². The van der Waals surface area contributed by atoms with Crippen LogP contribution < -0.4 is 0 Å². The Labute approximate surface area is 147 Å². The number of hydrogen-bond acceptors (Lipinski definition) is 3. The van der Waals surface area contributed by atoms with Gasteiger partial charge >= 0.3 is 0 Å². The smallest absolute Gasteiger partial charge is 0.256 e. The molecule has 4 nitrogen and oxygen atoms in total. The first-order valence-electron chi connectivity index (χ1n) is 8.44. The molecule has 0 radical (unpaired) electrons. The lowest BCUT2D eigenvalue weighted by Crippen LogP contribution is -2.40. The second kappa shape index (κ2) is 6.48. The van der Waals surface area contributed by atoms with Gasteiger partial charge in [-0.15, -0.1) is 0 Å². The molecule has 2 aromatic heterocycles. The maximum atomic E-state index is 13.1. The Morgan fingerprint density at radius 1 is 1.08 bits per heavy atom. The molecular weight excluding hydrogens is 310 g/mol. The molecule has 1 unspecified atom stereocenters. The van der Waals surface area contributed by atoms with Crippen molar-refractivity contribution in [3.63, 3.8) is 0 Å². The normalized spacial score (nSPS) is 16.4. The molecule has 0 bridgehead atoms. The second-order valence-electron chi connectivity index (χ2n) is 6.38. The zero-order valence-electron chi connectivity index (χ0n) is 14.1. The van der Waals surface area contributed by atoms with E-state index in [4.69, 9.17) is 0 Å². The molecule has 1 aliphatic heterocycles. The zero-order chi connectivity index (χ0) is 17.2. The average molecular weight is 329 g/mol. The minimum absolute atomic E-state index is 0.00757. The first-order valence-corrected chi connectivity index (χ1v) is 8.44. The molecule has 0 fully saturated rings. The maximum Gasteiger partial charge on any atom is 0.256 e. The van der Waals surface area contributed by atoms with E-state index in [2.05, 4.69) is 35.1 Å². The molecule has 0 saturated carbocycles. The minimum Gasteiger partial charge on any atom is -0.327 e. The maximum absolute atomic E-state index is 13.1. The molecule has 3 heterocycles. The van der Waals surface area contributed by atoms with E-state index in [9.17, 15) is 4.79 Å². The number of amides is 1. The van der Waals surface area contributed by atoms with Gasteiger partial charge in [-0.1, -0.05) is 29.8 Å². The van der Waals surface area contributed by atoms with Crippen LogP contribution in [0.4, 0.5) is 0 Å². The predicted octanol–water partition coefficient (Wildman–Crippen LogP) is 3.57. The number of aromatic nitrogens is 2. The Hall–Kier alpha value is -3.01. The van der Waals surface area contributed by atoms with Crippen LogP contribution in [0.2, 0.25) is 0 Å². The van der Waals surface area contributed by atoms with Gasteiger partial charge in [-0.05, 0) is 48.2 Å². The fraction of sp³-hybridized carbons (Fsp3) is 0.190. The number of nitrogens with zero attached hydrogens (tertiary/aromatic N) is 3. The third-order valence-corrected chi connectivity index (χ3v) is 4.70. The number of benzene rings is 1. The summed E-state index contributed by atoms with van der Waals surface area (Å²) < 4.78 is 0. The van der Waals surface area contributed by atoms with Crippen molar-refractivity contribution in [2.45, 2.75) is 19.4 Å². The highest BCUT2D eigenvalue weighted by Crippen LogP contribution is 2.36. The van der Waals surface area contributed by atoms with E-state index >= 15 is 0 Å². The highest BCUT2D eigenvalue weighted by molar-refractivity contribution is 5.94. The van der Waals surface area contributed by atoms with Crippen LogP contribution in [0.3, 0.4) is 0 Å².